The Labute approximate surface area is 152 Å². The lowest BCUT2D eigenvalue weighted by atomic mass is 9.75. The average Bonchev–Trinajstić information content (AvgIpc) is 2.62. The molecule has 0 saturated heterocycles. The van der Waals surface area contributed by atoms with Crippen molar-refractivity contribution in [1.82, 2.24) is 10.2 Å². The lowest BCUT2D eigenvalue weighted by molar-refractivity contribution is 0.114. The fraction of sp³-hybridized carbons (Fsp3) is 1.00. The summed E-state index contributed by atoms with van der Waals surface area (Å²) in [5, 5.41) is 3.82. The van der Waals surface area contributed by atoms with Crippen molar-refractivity contribution in [1.29, 1.82) is 0 Å². The Morgan fingerprint density at radius 2 is 1.38 bits per heavy atom. The summed E-state index contributed by atoms with van der Waals surface area (Å²) >= 11 is 0. The van der Waals surface area contributed by atoms with Crippen LogP contribution in [0.1, 0.15) is 98.3 Å². The second-order valence-electron chi connectivity index (χ2n) is 9.03. The molecule has 2 aliphatic rings. The van der Waals surface area contributed by atoms with Crippen LogP contribution in [0.5, 0.6) is 0 Å². The van der Waals surface area contributed by atoms with Crippen LogP contribution >= 0.6 is 0 Å². The molecule has 2 rings (SSSR count). The fourth-order valence-corrected chi connectivity index (χ4v) is 4.99. The number of nitrogens with one attached hydrogen (secondary N) is 1. The highest BCUT2D eigenvalue weighted by molar-refractivity contribution is 4.84. The zero-order valence-corrected chi connectivity index (χ0v) is 17.2. The van der Waals surface area contributed by atoms with Gasteiger partial charge in [0, 0.05) is 24.2 Å². The number of hydrogen-bond acceptors (Lipinski definition) is 2. The zero-order chi connectivity index (χ0) is 17.5. The van der Waals surface area contributed by atoms with Crippen molar-refractivity contribution in [3.63, 3.8) is 0 Å². The standard InChI is InChI=1S/C22H44N2/c1-6-17(3)23-21-12-8-19(9-13-21)16-20-10-14-22(15-11-20)24(5)18(4)7-2/h17-23H,6-16H2,1-5H3. The largest absolute Gasteiger partial charge is 0.312 e. The van der Waals surface area contributed by atoms with Crippen molar-refractivity contribution >= 4 is 0 Å². The summed E-state index contributed by atoms with van der Waals surface area (Å²) in [5.74, 6) is 2.05. The molecule has 0 aromatic rings. The van der Waals surface area contributed by atoms with Crippen molar-refractivity contribution in [2.24, 2.45) is 11.8 Å². The van der Waals surface area contributed by atoms with E-state index in [9.17, 15) is 0 Å². The van der Waals surface area contributed by atoms with E-state index in [-0.39, 0.29) is 0 Å². The second-order valence-corrected chi connectivity index (χ2v) is 9.03. The molecule has 0 aromatic carbocycles. The highest BCUT2D eigenvalue weighted by Crippen LogP contribution is 2.36. The van der Waals surface area contributed by atoms with E-state index in [1.54, 1.807) is 0 Å². The van der Waals surface area contributed by atoms with Gasteiger partial charge in [0.25, 0.3) is 0 Å². The van der Waals surface area contributed by atoms with Gasteiger partial charge in [-0.05, 0) is 103 Å². The maximum absolute atomic E-state index is 3.82. The summed E-state index contributed by atoms with van der Waals surface area (Å²) in [6.07, 6.45) is 15.7. The normalized spacial score (nSPS) is 34.2. The lowest BCUT2D eigenvalue weighted by Crippen LogP contribution is -2.41. The second kappa shape index (κ2) is 10.2. The molecule has 2 atom stereocenters. The van der Waals surface area contributed by atoms with Crippen LogP contribution in [0.2, 0.25) is 0 Å². The van der Waals surface area contributed by atoms with E-state index in [1.807, 2.05) is 0 Å². The molecule has 0 amide bonds. The summed E-state index contributed by atoms with van der Waals surface area (Å²) in [7, 11) is 2.35. The Morgan fingerprint density at radius 3 is 1.88 bits per heavy atom. The molecule has 2 fully saturated rings. The Kier molecular flexibility index (Phi) is 8.57. The van der Waals surface area contributed by atoms with E-state index in [0.29, 0.717) is 6.04 Å². The topological polar surface area (TPSA) is 15.3 Å². The van der Waals surface area contributed by atoms with Gasteiger partial charge in [-0.15, -0.1) is 0 Å². The van der Waals surface area contributed by atoms with Gasteiger partial charge in [-0.1, -0.05) is 13.8 Å². The molecule has 2 nitrogen and oxygen atoms in total. The van der Waals surface area contributed by atoms with Crippen molar-refractivity contribution < 1.29 is 0 Å². The average molecular weight is 337 g/mol. The number of rotatable bonds is 8. The summed E-state index contributed by atoms with van der Waals surface area (Å²) in [5.41, 5.74) is 0. The van der Waals surface area contributed by atoms with Crippen LogP contribution in [0.25, 0.3) is 0 Å². The van der Waals surface area contributed by atoms with Gasteiger partial charge in [-0.25, -0.2) is 0 Å². The Morgan fingerprint density at radius 1 is 0.833 bits per heavy atom. The molecular weight excluding hydrogens is 292 g/mol. The Hall–Kier alpha value is -0.0800. The van der Waals surface area contributed by atoms with Gasteiger partial charge in [-0.3, -0.25) is 0 Å². The first-order valence-electron chi connectivity index (χ1n) is 11.0. The molecule has 142 valence electrons. The van der Waals surface area contributed by atoms with Crippen LogP contribution in [-0.2, 0) is 0 Å². The van der Waals surface area contributed by atoms with E-state index in [0.717, 1.165) is 30.0 Å². The van der Waals surface area contributed by atoms with Crippen LogP contribution in [0.15, 0.2) is 0 Å². The fourth-order valence-electron chi connectivity index (χ4n) is 4.99. The van der Waals surface area contributed by atoms with E-state index in [2.05, 4.69) is 45.0 Å². The third-order valence-corrected chi connectivity index (χ3v) is 7.32. The molecule has 0 spiro atoms. The van der Waals surface area contributed by atoms with Crippen molar-refractivity contribution in [2.45, 2.75) is 122 Å². The molecule has 24 heavy (non-hydrogen) atoms. The predicted molar refractivity (Wildman–Crippen MR) is 107 cm³/mol. The monoisotopic (exact) mass is 336 g/mol. The van der Waals surface area contributed by atoms with E-state index in [1.165, 1.54) is 70.6 Å². The van der Waals surface area contributed by atoms with Gasteiger partial charge in [-0.2, -0.15) is 0 Å². The van der Waals surface area contributed by atoms with Gasteiger partial charge in [0.15, 0.2) is 0 Å². The maximum atomic E-state index is 3.82. The van der Waals surface area contributed by atoms with Crippen LogP contribution in [0.4, 0.5) is 0 Å². The van der Waals surface area contributed by atoms with Crippen LogP contribution in [0, 0.1) is 11.8 Å². The SMILES string of the molecule is CCC(C)NC1CCC(CC2CCC(N(C)C(C)CC)CC2)CC1. The number of hydrogen-bond donors (Lipinski definition) is 1. The molecule has 0 heterocycles. The van der Waals surface area contributed by atoms with Crippen molar-refractivity contribution in [2.75, 3.05) is 7.05 Å². The summed E-state index contributed by atoms with van der Waals surface area (Å²) in [4.78, 5) is 2.65. The highest BCUT2D eigenvalue weighted by atomic mass is 15.2. The summed E-state index contributed by atoms with van der Waals surface area (Å²) in [6.45, 7) is 9.33. The minimum Gasteiger partial charge on any atom is -0.312 e. The Balaban J connectivity index is 1.64. The summed E-state index contributed by atoms with van der Waals surface area (Å²) in [6, 6.07) is 3.10. The van der Waals surface area contributed by atoms with Gasteiger partial charge < -0.3 is 10.2 Å². The predicted octanol–water partition coefficient (Wildman–Crippen LogP) is 5.61. The van der Waals surface area contributed by atoms with Crippen LogP contribution in [0.3, 0.4) is 0 Å². The third kappa shape index (κ3) is 6.02. The molecule has 0 aromatic heterocycles. The molecule has 2 unspecified atom stereocenters. The lowest BCUT2D eigenvalue weighted by Gasteiger charge is -2.39. The minimum absolute atomic E-state index is 0.698. The first-order valence-corrected chi connectivity index (χ1v) is 11.0. The molecule has 0 bridgehead atoms. The van der Waals surface area contributed by atoms with E-state index >= 15 is 0 Å². The summed E-state index contributed by atoms with van der Waals surface area (Å²) < 4.78 is 0. The van der Waals surface area contributed by atoms with Crippen molar-refractivity contribution in [3.05, 3.63) is 0 Å². The van der Waals surface area contributed by atoms with Crippen LogP contribution < -0.4 is 5.32 Å². The van der Waals surface area contributed by atoms with E-state index < -0.39 is 0 Å². The highest BCUT2D eigenvalue weighted by Gasteiger charge is 2.29. The number of nitrogens with zero attached hydrogens (tertiary/aromatic N) is 1. The first kappa shape index (κ1) is 20.2. The Bertz CT molecular complexity index is 327. The molecule has 2 saturated carbocycles. The maximum Gasteiger partial charge on any atom is 0.00952 e. The minimum atomic E-state index is 0.698. The van der Waals surface area contributed by atoms with Gasteiger partial charge in [0.05, 0.1) is 0 Å². The molecule has 1 N–H and O–H groups in total. The van der Waals surface area contributed by atoms with Crippen molar-refractivity contribution in [3.8, 4) is 0 Å². The van der Waals surface area contributed by atoms with Gasteiger partial charge in [0.2, 0.25) is 0 Å². The molecule has 0 radical (unpaired) electrons. The molecule has 2 heteroatoms. The van der Waals surface area contributed by atoms with Gasteiger partial charge in [0.1, 0.15) is 0 Å². The third-order valence-electron chi connectivity index (χ3n) is 7.32. The quantitative estimate of drug-likeness (QED) is 0.619. The van der Waals surface area contributed by atoms with Crippen LogP contribution in [-0.4, -0.2) is 36.1 Å². The zero-order valence-electron chi connectivity index (χ0n) is 17.2. The molecular formula is C22H44N2. The smallest absolute Gasteiger partial charge is 0.00952 e. The molecule has 2 aliphatic carbocycles. The first-order chi connectivity index (χ1) is 11.5. The molecule has 0 aliphatic heterocycles. The van der Waals surface area contributed by atoms with Gasteiger partial charge >= 0.3 is 0 Å². The van der Waals surface area contributed by atoms with E-state index in [4.69, 9.17) is 0 Å².